The van der Waals surface area contributed by atoms with Gasteiger partial charge >= 0.3 is 6.01 Å². The van der Waals surface area contributed by atoms with E-state index in [0.717, 1.165) is 10.9 Å². The fourth-order valence-corrected chi connectivity index (χ4v) is 3.70. The maximum absolute atomic E-state index is 6.40. The van der Waals surface area contributed by atoms with Gasteiger partial charge in [0, 0.05) is 5.56 Å². The van der Waals surface area contributed by atoms with E-state index in [1.165, 1.54) is 5.39 Å². The molecule has 0 fully saturated rings. The minimum absolute atomic E-state index is 0.00327. The van der Waals surface area contributed by atoms with Gasteiger partial charge in [-0.15, -0.1) is 5.10 Å². The first kappa shape index (κ1) is 16.9. The Bertz CT molecular complexity index is 1070. The van der Waals surface area contributed by atoms with E-state index in [1.807, 2.05) is 24.3 Å². The minimum Gasteiger partial charge on any atom is -0.486 e. The molecule has 0 unspecified atom stereocenters. The highest BCUT2D eigenvalue weighted by Gasteiger charge is 2.14. The lowest BCUT2D eigenvalue weighted by Crippen LogP contribution is -1.98. The summed E-state index contributed by atoms with van der Waals surface area (Å²) in [5.74, 6) is 0.849. The highest BCUT2D eigenvalue weighted by atomic mass is 79.9. The second-order valence-electron chi connectivity index (χ2n) is 5.64. The van der Waals surface area contributed by atoms with Gasteiger partial charge in [0.25, 0.3) is 0 Å². The molecular weight excluding hydrogens is 418 g/mol. The molecule has 2 N–H and O–H groups in total. The Kier molecular flexibility index (Phi) is 4.53. The van der Waals surface area contributed by atoms with Crippen molar-refractivity contribution < 1.29 is 9.15 Å². The number of nitrogens with zero attached hydrogens (tertiary/aromatic N) is 2. The first-order valence-corrected chi connectivity index (χ1v) is 8.97. The molecule has 0 spiro atoms. The molecule has 7 heteroatoms. The zero-order chi connectivity index (χ0) is 18.1. The van der Waals surface area contributed by atoms with Crippen LogP contribution in [0.3, 0.4) is 0 Å². The number of hydrogen-bond acceptors (Lipinski definition) is 5. The number of nitrogens with two attached hydrogens (primary N) is 1. The molecule has 0 saturated carbocycles. The van der Waals surface area contributed by atoms with Gasteiger partial charge < -0.3 is 14.9 Å². The zero-order valence-electron chi connectivity index (χ0n) is 13.4. The Hall–Kier alpha value is -2.57. The average Bonchev–Trinajstić information content (AvgIpc) is 3.07. The molecule has 0 saturated heterocycles. The Morgan fingerprint density at radius 3 is 2.65 bits per heavy atom. The number of hydrogen-bond donors (Lipinski definition) is 1. The molecule has 0 bridgehead atoms. The van der Waals surface area contributed by atoms with Crippen molar-refractivity contribution in [2.24, 2.45) is 0 Å². The van der Waals surface area contributed by atoms with Crippen molar-refractivity contribution in [1.82, 2.24) is 10.2 Å². The summed E-state index contributed by atoms with van der Waals surface area (Å²) in [4.78, 5) is 0. The fraction of sp³-hybridized carbons (Fsp3) is 0.0526. The van der Waals surface area contributed by atoms with Crippen molar-refractivity contribution in [2.45, 2.75) is 6.61 Å². The number of nitrogen functional groups attached to an aromatic ring is 1. The third kappa shape index (κ3) is 3.25. The van der Waals surface area contributed by atoms with Crippen LogP contribution >= 0.6 is 27.5 Å². The van der Waals surface area contributed by atoms with Gasteiger partial charge in [-0.1, -0.05) is 59.2 Å². The van der Waals surface area contributed by atoms with Gasteiger partial charge in [0.15, 0.2) is 5.75 Å². The molecule has 1 heterocycles. The molecule has 0 aliphatic heterocycles. The summed E-state index contributed by atoms with van der Waals surface area (Å²) >= 11 is 9.89. The molecule has 4 aromatic rings. The molecule has 4 rings (SSSR count). The van der Waals surface area contributed by atoms with E-state index in [2.05, 4.69) is 44.3 Å². The third-order valence-corrected chi connectivity index (χ3v) is 4.81. The zero-order valence-corrected chi connectivity index (χ0v) is 15.8. The lowest BCUT2D eigenvalue weighted by atomic mass is 10.1. The fourth-order valence-electron chi connectivity index (χ4n) is 2.74. The first-order valence-electron chi connectivity index (χ1n) is 7.79. The number of benzene rings is 3. The summed E-state index contributed by atoms with van der Waals surface area (Å²) in [6, 6.07) is 17.8. The van der Waals surface area contributed by atoms with E-state index in [9.17, 15) is 0 Å². The highest BCUT2D eigenvalue weighted by molar-refractivity contribution is 9.10. The van der Waals surface area contributed by atoms with Gasteiger partial charge in [0.05, 0.1) is 9.50 Å². The molecule has 26 heavy (non-hydrogen) atoms. The summed E-state index contributed by atoms with van der Waals surface area (Å²) in [6.45, 7) is 0.395. The van der Waals surface area contributed by atoms with Gasteiger partial charge in [-0.25, -0.2) is 0 Å². The van der Waals surface area contributed by atoms with E-state index in [1.54, 1.807) is 12.1 Å². The topological polar surface area (TPSA) is 74.2 Å². The minimum atomic E-state index is 0.00327. The second kappa shape index (κ2) is 6.97. The van der Waals surface area contributed by atoms with Crippen molar-refractivity contribution in [3.8, 4) is 17.2 Å². The quantitative estimate of drug-likeness (QED) is 0.465. The van der Waals surface area contributed by atoms with Gasteiger partial charge in [-0.2, -0.15) is 0 Å². The summed E-state index contributed by atoms with van der Waals surface area (Å²) < 4.78 is 11.9. The normalized spacial score (nSPS) is 11.0. The van der Waals surface area contributed by atoms with Crippen molar-refractivity contribution in [2.75, 3.05) is 5.73 Å². The summed E-state index contributed by atoms with van der Waals surface area (Å²) in [6.07, 6.45) is 0. The smallest absolute Gasteiger partial charge is 0.313 e. The van der Waals surface area contributed by atoms with Crippen LogP contribution in [0.2, 0.25) is 5.02 Å². The van der Waals surface area contributed by atoms with Crippen LogP contribution in [0.5, 0.6) is 5.75 Å². The van der Waals surface area contributed by atoms with Gasteiger partial charge in [-0.05, 0) is 44.4 Å². The standard InChI is InChI=1S/C19H13BrClN3O2/c20-15-8-13(18-23-24-19(22)26-18)9-16(21)17(15)25-10-12-6-3-5-11-4-1-2-7-14(11)12/h1-9H,10H2,(H2,22,24). The van der Waals surface area contributed by atoms with E-state index < -0.39 is 0 Å². The van der Waals surface area contributed by atoms with Crippen LogP contribution in [0.4, 0.5) is 6.01 Å². The van der Waals surface area contributed by atoms with Crippen molar-refractivity contribution in [3.63, 3.8) is 0 Å². The predicted molar refractivity (Wildman–Crippen MR) is 105 cm³/mol. The monoisotopic (exact) mass is 429 g/mol. The van der Waals surface area contributed by atoms with Gasteiger partial charge in [-0.3, -0.25) is 0 Å². The lowest BCUT2D eigenvalue weighted by molar-refractivity contribution is 0.306. The highest BCUT2D eigenvalue weighted by Crippen LogP contribution is 2.38. The number of anilines is 1. The largest absolute Gasteiger partial charge is 0.486 e. The lowest BCUT2D eigenvalue weighted by Gasteiger charge is -2.12. The summed E-state index contributed by atoms with van der Waals surface area (Å²) in [7, 11) is 0. The number of halogens is 2. The van der Waals surface area contributed by atoms with Crippen LogP contribution in [0.25, 0.3) is 22.2 Å². The van der Waals surface area contributed by atoms with Crippen molar-refractivity contribution >= 4 is 44.3 Å². The number of rotatable bonds is 4. The molecule has 0 atom stereocenters. The summed E-state index contributed by atoms with van der Waals surface area (Å²) in [5.41, 5.74) is 7.21. The number of ether oxygens (including phenoxy) is 1. The summed E-state index contributed by atoms with van der Waals surface area (Å²) in [5, 5.41) is 10.3. The Morgan fingerprint density at radius 1 is 1.08 bits per heavy atom. The van der Waals surface area contributed by atoms with Crippen LogP contribution < -0.4 is 10.5 Å². The van der Waals surface area contributed by atoms with E-state index in [0.29, 0.717) is 33.3 Å². The number of aromatic nitrogens is 2. The SMILES string of the molecule is Nc1nnc(-c2cc(Cl)c(OCc3cccc4ccccc34)c(Br)c2)o1. The maximum Gasteiger partial charge on any atom is 0.313 e. The van der Waals surface area contributed by atoms with Crippen molar-refractivity contribution in [3.05, 3.63) is 69.7 Å². The van der Waals surface area contributed by atoms with Crippen LogP contribution in [-0.4, -0.2) is 10.2 Å². The maximum atomic E-state index is 6.40. The molecule has 0 radical (unpaired) electrons. The van der Waals surface area contributed by atoms with Crippen LogP contribution in [0, 0.1) is 0 Å². The predicted octanol–water partition coefficient (Wildman–Crippen LogP) is 5.47. The van der Waals surface area contributed by atoms with Gasteiger partial charge in [0.1, 0.15) is 6.61 Å². The van der Waals surface area contributed by atoms with E-state index in [4.69, 9.17) is 26.5 Å². The average molecular weight is 431 g/mol. The molecule has 0 aliphatic carbocycles. The molecule has 130 valence electrons. The van der Waals surface area contributed by atoms with E-state index in [-0.39, 0.29) is 6.01 Å². The van der Waals surface area contributed by atoms with Crippen LogP contribution in [0.15, 0.2) is 63.5 Å². The first-order chi connectivity index (χ1) is 12.6. The van der Waals surface area contributed by atoms with E-state index >= 15 is 0 Å². The third-order valence-electron chi connectivity index (χ3n) is 3.94. The van der Waals surface area contributed by atoms with Crippen molar-refractivity contribution in [1.29, 1.82) is 0 Å². The molecule has 0 amide bonds. The Labute approximate surface area is 162 Å². The second-order valence-corrected chi connectivity index (χ2v) is 6.90. The number of fused-ring (bicyclic) bond motifs is 1. The van der Waals surface area contributed by atoms with Gasteiger partial charge in [0.2, 0.25) is 5.89 Å². The van der Waals surface area contributed by atoms with Crippen LogP contribution in [0.1, 0.15) is 5.56 Å². The van der Waals surface area contributed by atoms with Crippen LogP contribution in [-0.2, 0) is 6.61 Å². The Morgan fingerprint density at radius 2 is 1.88 bits per heavy atom. The molecule has 0 aliphatic rings. The molecular formula is C19H13BrClN3O2. The molecule has 1 aromatic heterocycles. The Balaban J connectivity index is 1.62. The molecule has 5 nitrogen and oxygen atoms in total. The molecule has 3 aromatic carbocycles.